The number of rotatable bonds is 17. The third-order valence-corrected chi connectivity index (χ3v) is 3.66. The van der Waals surface area contributed by atoms with Crippen molar-refractivity contribution >= 4 is 0 Å². The van der Waals surface area contributed by atoms with Crippen LogP contribution >= 0.6 is 0 Å². The molecule has 20 heavy (non-hydrogen) atoms. The molecule has 4 heteroatoms. The monoisotopic (exact) mass is 290 g/mol. The zero-order valence-corrected chi connectivity index (χ0v) is 13.3. The first-order valence-electron chi connectivity index (χ1n) is 8.51. The molecule has 0 rings (SSSR count). The number of hydrogen-bond acceptors (Lipinski definition) is 4. The Morgan fingerprint density at radius 2 is 1.00 bits per heavy atom. The number of unbranched alkanes of at least 4 members (excludes halogenated alkanes) is 13. The SMILES string of the molecule is CCCCCCCCCCCCCCCCOOOO. The van der Waals surface area contributed by atoms with Crippen LogP contribution in [0.1, 0.15) is 96.8 Å². The van der Waals surface area contributed by atoms with E-state index < -0.39 is 0 Å². The summed E-state index contributed by atoms with van der Waals surface area (Å²) in [4.78, 5) is 4.52. The highest BCUT2D eigenvalue weighted by molar-refractivity contribution is 4.49. The van der Waals surface area contributed by atoms with Gasteiger partial charge >= 0.3 is 0 Å². The summed E-state index contributed by atoms with van der Waals surface area (Å²) in [7, 11) is 0. The molecule has 1 N–H and O–H groups in total. The third-order valence-electron chi connectivity index (χ3n) is 3.66. The predicted octanol–water partition coefficient (Wildman–Crippen LogP) is 5.82. The van der Waals surface area contributed by atoms with Gasteiger partial charge in [0.1, 0.15) is 0 Å². The molecular formula is C16H34O4. The summed E-state index contributed by atoms with van der Waals surface area (Å²) < 4.78 is 0. The van der Waals surface area contributed by atoms with Gasteiger partial charge < -0.3 is 0 Å². The molecule has 0 aromatic carbocycles. The molecule has 0 aliphatic rings. The van der Waals surface area contributed by atoms with Gasteiger partial charge in [0.25, 0.3) is 0 Å². The highest BCUT2D eigenvalue weighted by atomic mass is 17.6. The van der Waals surface area contributed by atoms with E-state index in [4.69, 9.17) is 5.26 Å². The topological polar surface area (TPSA) is 47.9 Å². The zero-order valence-electron chi connectivity index (χ0n) is 13.3. The van der Waals surface area contributed by atoms with Crippen LogP contribution in [0.15, 0.2) is 0 Å². The zero-order chi connectivity index (χ0) is 14.7. The maximum atomic E-state index is 7.83. The van der Waals surface area contributed by atoms with Crippen LogP contribution in [0, 0.1) is 0 Å². The van der Waals surface area contributed by atoms with Gasteiger partial charge in [-0.25, -0.2) is 10.1 Å². The minimum absolute atomic E-state index is 0.471. The van der Waals surface area contributed by atoms with Gasteiger partial charge in [0.05, 0.1) is 6.61 Å². The van der Waals surface area contributed by atoms with Gasteiger partial charge in [-0.15, -0.1) is 0 Å². The quantitative estimate of drug-likeness (QED) is 0.208. The molecule has 0 saturated heterocycles. The lowest BCUT2D eigenvalue weighted by molar-refractivity contribution is -0.623. The second-order valence-electron chi connectivity index (χ2n) is 5.56. The molecule has 0 aliphatic carbocycles. The van der Waals surface area contributed by atoms with E-state index in [9.17, 15) is 0 Å². The molecule has 4 nitrogen and oxygen atoms in total. The summed E-state index contributed by atoms with van der Waals surface area (Å²) >= 11 is 0. The van der Waals surface area contributed by atoms with Gasteiger partial charge in [-0.05, 0) is 16.5 Å². The van der Waals surface area contributed by atoms with Crippen molar-refractivity contribution in [3.8, 4) is 0 Å². The standard InChI is InChI=1S/C16H34O4/c1-2-3-4-5-6-7-8-9-10-11-12-13-14-15-16-18-20-19-17/h17H,2-16H2,1H3. The average molecular weight is 290 g/mol. The van der Waals surface area contributed by atoms with Crippen molar-refractivity contribution in [1.82, 2.24) is 0 Å². The van der Waals surface area contributed by atoms with Crippen molar-refractivity contribution < 1.29 is 20.2 Å². The Labute approximate surface area is 124 Å². The summed E-state index contributed by atoms with van der Waals surface area (Å²) in [5, 5.41) is 15.1. The van der Waals surface area contributed by atoms with Crippen LogP contribution in [0.3, 0.4) is 0 Å². The van der Waals surface area contributed by atoms with Crippen molar-refractivity contribution in [3.63, 3.8) is 0 Å². The molecule has 0 bridgehead atoms. The minimum Gasteiger partial charge on any atom is -0.219 e. The second kappa shape index (κ2) is 18.8. The van der Waals surface area contributed by atoms with E-state index in [1.165, 1.54) is 77.0 Å². The lowest BCUT2D eigenvalue weighted by atomic mass is 10.0. The summed E-state index contributed by atoms with van der Waals surface area (Å²) in [6, 6.07) is 0. The second-order valence-corrected chi connectivity index (χ2v) is 5.56. The van der Waals surface area contributed by atoms with Crippen molar-refractivity contribution in [3.05, 3.63) is 0 Å². The molecule has 122 valence electrons. The van der Waals surface area contributed by atoms with Crippen molar-refractivity contribution in [2.75, 3.05) is 6.61 Å². The molecule has 0 aromatic rings. The van der Waals surface area contributed by atoms with Crippen LogP contribution in [-0.2, 0) is 15.0 Å². The van der Waals surface area contributed by atoms with E-state index in [0.29, 0.717) is 6.61 Å². The highest BCUT2D eigenvalue weighted by Crippen LogP contribution is 2.12. The summed E-state index contributed by atoms with van der Waals surface area (Å²) in [5.41, 5.74) is 0. The summed E-state index contributed by atoms with van der Waals surface area (Å²) in [6.07, 6.45) is 18.7. The Morgan fingerprint density at radius 1 is 0.600 bits per heavy atom. The smallest absolute Gasteiger partial charge is 0.0854 e. The van der Waals surface area contributed by atoms with Crippen LogP contribution in [0.25, 0.3) is 0 Å². The first-order valence-corrected chi connectivity index (χ1v) is 8.51. The molecule has 0 aromatic heterocycles. The molecule has 0 fully saturated rings. The van der Waals surface area contributed by atoms with Gasteiger partial charge in [-0.2, -0.15) is 0 Å². The Hall–Kier alpha value is -0.160. The van der Waals surface area contributed by atoms with Crippen molar-refractivity contribution in [1.29, 1.82) is 0 Å². The minimum atomic E-state index is 0.471. The Morgan fingerprint density at radius 3 is 1.40 bits per heavy atom. The van der Waals surface area contributed by atoms with Crippen LogP contribution < -0.4 is 0 Å². The van der Waals surface area contributed by atoms with Crippen LogP contribution in [-0.4, -0.2) is 11.9 Å². The predicted molar refractivity (Wildman–Crippen MR) is 81.1 cm³/mol. The molecule has 0 atom stereocenters. The third kappa shape index (κ3) is 17.8. The summed E-state index contributed by atoms with van der Waals surface area (Å²) in [5.74, 6) is 0. The van der Waals surface area contributed by atoms with Crippen LogP contribution in [0.4, 0.5) is 0 Å². The average Bonchev–Trinajstić information content (AvgIpc) is 2.47. The lowest BCUT2D eigenvalue weighted by Gasteiger charge is -2.03. The largest absolute Gasteiger partial charge is 0.219 e. The molecule has 0 amide bonds. The van der Waals surface area contributed by atoms with Gasteiger partial charge in [0.15, 0.2) is 0 Å². The fourth-order valence-electron chi connectivity index (χ4n) is 2.41. The van der Waals surface area contributed by atoms with Gasteiger partial charge in [0.2, 0.25) is 0 Å². The van der Waals surface area contributed by atoms with Gasteiger partial charge in [-0.1, -0.05) is 90.4 Å². The first kappa shape index (κ1) is 19.8. The Kier molecular flexibility index (Phi) is 18.7. The molecular weight excluding hydrogens is 256 g/mol. The van der Waals surface area contributed by atoms with Gasteiger partial charge in [-0.3, -0.25) is 0 Å². The molecule has 0 spiro atoms. The highest BCUT2D eigenvalue weighted by Gasteiger charge is 1.94. The number of hydrogen-bond donors (Lipinski definition) is 1. The normalized spacial score (nSPS) is 11.1. The van der Waals surface area contributed by atoms with E-state index in [2.05, 4.69) is 21.9 Å². The molecule has 0 saturated carbocycles. The fraction of sp³-hybridized carbons (Fsp3) is 1.00. The lowest BCUT2D eigenvalue weighted by Crippen LogP contribution is -1.95. The molecule has 0 aliphatic heterocycles. The summed E-state index contributed by atoms with van der Waals surface area (Å²) in [6.45, 7) is 2.74. The van der Waals surface area contributed by atoms with E-state index >= 15 is 0 Å². The van der Waals surface area contributed by atoms with E-state index in [0.717, 1.165) is 12.8 Å². The van der Waals surface area contributed by atoms with Crippen LogP contribution in [0.2, 0.25) is 0 Å². The van der Waals surface area contributed by atoms with Crippen molar-refractivity contribution in [2.24, 2.45) is 0 Å². The maximum Gasteiger partial charge on any atom is 0.0854 e. The molecule has 0 unspecified atom stereocenters. The molecule has 0 heterocycles. The Balaban J connectivity index is 2.89. The van der Waals surface area contributed by atoms with Crippen LogP contribution in [0.5, 0.6) is 0 Å². The van der Waals surface area contributed by atoms with E-state index in [1.54, 1.807) is 0 Å². The fourth-order valence-corrected chi connectivity index (χ4v) is 2.41. The Bertz CT molecular complexity index is 147. The van der Waals surface area contributed by atoms with E-state index in [-0.39, 0.29) is 0 Å². The maximum absolute atomic E-state index is 7.83. The first-order chi connectivity index (χ1) is 9.91. The molecule has 0 radical (unpaired) electrons. The van der Waals surface area contributed by atoms with E-state index in [1.807, 2.05) is 0 Å². The van der Waals surface area contributed by atoms with Gasteiger partial charge in [0, 0.05) is 0 Å². The van der Waals surface area contributed by atoms with Crippen molar-refractivity contribution in [2.45, 2.75) is 96.8 Å².